The summed E-state index contributed by atoms with van der Waals surface area (Å²) in [6.45, 7) is 2.11. The predicted octanol–water partition coefficient (Wildman–Crippen LogP) is 2.45. The van der Waals surface area contributed by atoms with Gasteiger partial charge in [-0.1, -0.05) is 35.5 Å². The molecule has 3 aromatic rings. The van der Waals surface area contributed by atoms with Gasteiger partial charge in [-0.25, -0.2) is 0 Å². The quantitative estimate of drug-likeness (QED) is 0.742. The molecule has 1 aromatic carbocycles. The highest BCUT2D eigenvalue weighted by atomic mass is 16.5. The summed E-state index contributed by atoms with van der Waals surface area (Å²) in [6, 6.07) is 13.0. The molecule has 0 unspecified atom stereocenters. The molecule has 0 saturated carbocycles. The summed E-state index contributed by atoms with van der Waals surface area (Å²) in [5.41, 5.74) is 1.12. The van der Waals surface area contributed by atoms with Crippen molar-refractivity contribution < 1.29 is 9.32 Å². The van der Waals surface area contributed by atoms with E-state index in [1.807, 2.05) is 36.4 Å². The third kappa shape index (κ3) is 4.11. The molecule has 1 aliphatic heterocycles. The van der Waals surface area contributed by atoms with E-state index in [4.69, 9.17) is 4.52 Å². The lowest BCUT2D eigenvalue weighted by molar-refractivity contribution is 0.0940. The zero-order valence-electron chi connectivity index (χ0n) is 14.8. The maximum absolute atomic E-state index is 12.3. The lowest BCUT2D eigenvalue weighted by atomic mass is 10.1. The van der Waals surface area contributed by atoms with Crippen LogP contribution >= 0.6 is 0 Å². The molecule has 27 heavy (non-hydrogen) atoms. The molecule has 1 amide bonds. The van der Waals surface area contributed by atoms with Gasteiger partial charge in [0.25, 0.3) is 5.91 Å². The summed E-state index contributed by atoms with van der Waals surface area (Å²) in [4.78, 5) is 18.7. The van der Waals surface area contributed by atoms with Gasteiger partial charge in [0.05, 0.1) is 6.54 Å². The third-order valence-corrected chi connectivity index (χ3v) is 4.46. The van der Waals surface area contributed by atoms with Gasteiger partial charge in [-0.05, 0) is 31.4 Å². The lowest BCUT2D eigenvalue weighted by Gasteiger charge is -2.27. The number of aromatic nitrogens is 4. The number of carbonyl (C=O) groups excluding carboxylic acids is 1. The Kier molecular flexibility index (Phi) is 5.04. The number of anilines is 1. The van der Waals surface area contributed by atoms with E-state index >= 15 is 0 Å². The molecule has 0 bridgehead atoms. The average Bonchev–Trinajstić information content (AvgIpc) is 3.22. The SMILES string of the molecule is O=C(NCc1nc(-c2ccccc2)no1)c1ccc(N2CCCCC2)nn1. The van der Waals surface area contributed by atoms with Crippen LogP contribution in [0.1, 0.15) is 35.6 Å². The van der Waals surface area contributed by atoms with Gasteiger partial charge in [-0.3, -0.25) is 4.79 Å². The molecule has 4 rings (SSSR count). The fourth-order valence-corrected chi connectivity index (χ4v) is 3.02. The molecule has 1 saturated heterocycles. The first-order chi connectivity index (χ1) is 13.3. The second-order valence-electron chi connectivity index (χ2n) is 6.38. The monoisotopic (exact) mass is 364 g/mol. The largest absolute Gasteiger partial charge is 0.355 e. The lowest BCUT2D eigenvalue weighted by Crippen LogP contribution is -2.31. The van der Waals surface area contributed by atoms with Gasteiger partial charge < -0.3 is 14.7 Å². The van der Waals surface area contributed by atoms with E-state index in [-0.39, 0.29) is 18.1 Å². The second-order valence-corrected chi connectivity index (χ2v) is 6.38. The maximum Gasteiger partial charge on any atom is 0.272 e. The number of rotatable bonds is 5. The Hall–Kier alpha value is -3.29. The molecule has 1 fully saturated rings. The molecule has 0 radical (unpaired) electrons. The Morgan fingerprint density at radius 1 is 1.04 bits per heavy atom. The van der Waals surface area contributed by atoms with Crippen molar-refractivity contribution in [2.75, 3.05) is 18.0 Å². The average molecular weight is 364 g/mol. The molecule has 1 N–H and O–H groups in total. The van der Waals surface area contributed by atoms with Crippen molar-refractivity contribution in [1.29, 1.82) is 0 Å². The van der Waals surface area contributed by atoms with Crippen LogP contribution in [-0.4, -0.2) is 39.3 Å². The van der Waals surface area contributed by atoms with E-state index in [0.717, 1.165) is 24.5 Å². The van der Waals surface area contributed by atoms with Gasteiger partial charge >= 0.3 is 0 Å². The number of nitrogens with zero attached hydrogens (tertiary/aromatic N) is 5. The zero-order chi connectivity index (χ0) is 18.5. The normalized spacial score (nSPS) is 14.1. The first kappa shape index (κ1) is 17.1. The van der Waals surface area contributed by atoms with E-state index in [1.54, 1.807) is 6.07 Å². The summed E-state index contributed by atoms with van der Waals surface area (Å²) in [6.07, 6.45) is 3.59. The van der Waals surface area contributed by atoms with Gasteiger partial charge in [0, 0.05) is 18.7 Å². The Bertz CT molecular complexity index is 888. The Balaban J connectivity index is 1.35. The molecular weight excluding hydrogens is 344 g/mol. The number of benzene rings is 1. The Labute approximate surface area is 156 Å². The van der Waals surface area contributed by atoms with Crippen LogP contribution in [0.25, 0.3) is 11.4 Å². The minimum absolute atomic E-state index is 0.133. The van der Waals surface area contributed by atoms with Crippen LogP contribution in [0.3, 0.4) is 0 Å². The van der Waals surface area contributed by atoms with Crippen molar-refractivity contribution in [2.24, 2.45) is 0 Å². The molecular formula is C19H20N6O2. The fraction of sp³-hybridized carbons (Fsp3) is 0.316. The summed E-state index contributed by atoms with van der Waals surface area (Å²) < 4.78 is 5.19. The smallest absolute Gasteiger partial charge is 0.272 e. The van der Waals surface area contributed by atoms with Crippen LogP contribution in [-0.2, 0) is 6.54 Å². The topological polar surface area (TPSA) is 97.0 Å². The maximum atomic E-state index is 12.3. The minimum Gasteiger partial charge on any atom is -0.355 e. The highest BCUT2D eigenvalue weighted by Gasteiger charge is 2.15. The van der Waals surface area contributed by atoms with Crippen molar-refractivity contribution >= 4 is 11.7 Å². The summed E-state index contributed by atoms with van der Waals surface area (Å²) in [5.74, 6) is 1.31. The molecule has 8 heteroatoms. The summed E-state index contributed by atoms with van der Waals surface area (Å²) in [5, 5.41) is 14.9. The van der Waals surface area contributed by atoms with Gasteiger partial charge in [0.15, 0.2) is 11.5 Å². The van der Waals surface area contributed by atoms with Crippen LogP contribution < -0.4 is 10.2 Å². The van der Waals surface area contributed by atoms with Gasteiger partial charge in [0.1, 0.15) is 0 Å². The van der Waals surface area contributed by atoms with E-state index in [0.29, 0.717) is 11.7 Å². The van der Waals surface area contributed by atoms with Gasteiger partial charge in [-0.15, -0.1) is 10.2 Å². The third-order valence-electron chi connectivity index (χ3n) is 4.46. The molecule has 0 atom stereocenters. The Morgan fingerprint density at radius 3 is 2.59 bits per heavy atom. The highest BCUT2D eigenvalue weighted by molar-refractivity contribution is 5.92. The number of nitrogens with one attached hydrogen (secondary N) is 1. The zero-order valence-corrected chi connectivity index (χ0v) is 14.8. The molecule has 1 aliphatic rings. The molecule has 0 aliphatic carbocycles. The van der Waals surface area contributed by atoms with Crippen molar-refractivity contribution in [3.05, 3.63) is 54.0 Å². The van der Waals surface area contributed by atoms with E-state index < -0.39 is 0 Å². The van der Waals surface area contributed by atoms with Crippen LogP contribution in [0.2, 0.25) is 0 Å². The van der Waals surface area contributed by atoms with Crippen LogP contribution in [0.5, 0.6) is 0 Å². The van der Waals surface area contributed by atoms with Crippen LogP contribution in [0.4, 0.5) is 5.82 Å². The summed E-state index contributed by atoms with van der Waals surface area (Å²) >= 11 is 0. The summed E-state index contributed by atoms with van der Waals surface area (Å²) in [7, 11) is 0. The first-order valence-electron chi connectivity index (χ1n) is 9.04. The predicted molar refractivity (Wildman–Crippen MR) is 99.0 cm³/mol. The van der Waals surface area contributed by atoms with Crippen molar-refractivity contribution in [2.45, 2.75) is 25.8 Å². The fourth-order valence-electron chi connectivity index (χ4n) is 3.02. The number of hydrogen-bond donors (Lipinski definition) is 1. The van der Waals surface area contributed by atoms with Crippen molar-refractivity contribution in [3.8, 4) is 11.4 Å². The number of amides is 1. The molecule has 2 aromatic heterocycles. The standard InChI is InChI=1S/C19H20N6O2/c26-19(15-9-10-16(23-22-15)25-11-5-2-6-12-25)20-13-17-21-18(24-27-17)14-7-3-1-4-8-14/h1,3-4,7-10H,2,5-6,11-13H2,(H,20,26). The molecule has 138 valence electrons. The van der Waals surface area contributed by atoms with Gasteiger partial charge in [0.2, 0.25) is 11.7 Å². The van der Waals surface area contributed by atoms with E-state index in [2.05, 4.69) is 30.6 Å². The number of piperidine rings is 1. The first-order valence-corrected chi connectivity index (χ1v) is 9.04. The van der Waals surface area contributed by atoms with Crippen molar-refractivity contribution in [3.63, 3.8) is 0 Å². The van der Waals surface area contributed by atoms with Gasteiger partial charge in [-0.2, -0.15) is 4.98 Å². The van der Waals surface area contributed by atoms with E-state index in [1.165, 1.54) is 19.3 Å². The molecule has 3 heterocycles. The molecule has 8 nitrogen and oxygen atoms in total. The highest BCUT2D eigenvalue weighted by Crippen LogP contribution is 2.17. The minimum atomic E-state index is -0.327. The van der Waals surface area contributed by atoms with Crippen LogP contribution in [0, 0.1) is 0 Å². The second kappa shape index (κ2) is 7.94. The molecule has 0 spiro atoms. The number of carbonyl (C=O) groups is 1. The number of hydrogen-bond acceptors (Lipinski definition) is 7. The van der Waals surface area contributed by atoms with Crippen molar-refractivity contribution in [1.82, 2.24) is 25.7 Å². The van der Waals surface area contributed by atoms with E-state index in [9.17, 15) is 4.79 Å². The Morgan fingerprint density at radius 2 is 1.85 bits per heavy atom. The van der Waals surface area contributed by atoms with Crippen LogP contribution in [0.15, 0.2) is 47.0 Å².